The zero-order chi connectivity index (χ0) is 21.2. The summed E-state index contributed by atoms with van der Waals surface area (Å²) in [5, 5.41) is 0.588. The quantitative estimate of drug-likeness (QED) is 0.545. The summed E-state index contributed by atoms with van der Waals surface area (Å²) in [6.07, 6.45) is 10.2. The zero-order valence-electron chi connectivity index (χ0n) is 18.0. The van der Waals surface area contributed by atoms with Crippen LogP contribution in [0.25, 0.3) is 0 Å². The molecule has 2 fully saturated rings. The van der Waals surface area contributed by atoms with E-state index in [0.29, 0.717) is 49.7 Å². The molecule has 0 aromatic heterocycles. The number of benzene rings is 1. The third kappa shape index (κ3) is 7.19. The molecule has 1 aliphatic carbocycles. The number of amides is 2. The number of rotatable bonds is 8. The van der Waals surface area contributed by atoms with Crippen LogP contribution in [0.4, 0.5) is 0 Å². The second-order valence-electron chi connectivity index (χ2n) is 8.54. The monoisotopic (exact) mass is 434 g/mol. The minimum Gasteiger partial charge on any atom is -0.492 e. The normalized spacial score (nSPS) is 18.2. The highest BCUT2D eigenvalue weighted by molar-refractivity contribution is 6.32. The molecule has 0 N–H and O–H groups in total. The molecular formula is C24H35ClN2O3. The number of ether oxygens (including phenoxy) is 1. The van der Waals surface area contributed by atoms with Crippen LogP contribution in [0, 0.1) is 5.92 Å². The van der Waals surface area contributed by atoms with Gasteiger partial charge in [0.15, 0.2) is 0 Å². The largest absolute Gasteiger partial charge is 0.492 e. The van der Waals surface area contributed by atoms with Crippen molar-refractivity contribution in [3.05, 3.63) is 29.3 Å². The Balaban J connectivity index is 1.34. The molecule has 0 unspecified atom stereocenters. The Morgan fingerprint density at radius 2 is 1.57 bits per heavy atom. The van der Waals surface area contributed by atoms with E-state index in [-0.39, 0.29) is 11.8 Å². The summed E-state index contributed by atoms with van der Waals surface area (Å²) in [5.41, 5.74) is 0. The lowest BCUT2D eigenvalue weighted by Crippen LogP contribution is -2.37. The van der Waals surface area contributed by atoms with Gasteiger partial charge in [0, 0.05) is 39.0 Å². The van der Waals surface area contributed by atoms with Gasteiger partial charge in [0.1, 0.15) is 5.75 Å². The van der Waals surface area contributed by atoms with Gasteiger partial charge in [0.05, 0.1) is 11.6 Å². The van der Waals surface area contributed by atoms with Crippen LogP contribution in [-0.2, 0) is 9.59 Å². The van der Waals surface area contributed by atoms with E-state index in [9.17, 15) is 9.59 Å². The molecule has 1 heterocycles. The third-order valence-corrected chi connectivity index (χ3v) is 6.63. The minimum atomic E-state index is 0.147. The van der Waals surface area contributed by atoms with Crippen molar-refractivity contribution in [1.29, 1.82) is 0 Å². The molecule has 2 amide bonds. The van der Waals surface area contributed by atoms with E-state index < -0.39 is 0 Å². The molecule has 1 aromatic rings. The first-order chi connectivity index (χ1) is 14.6. The minimum absolute atomic E-state index is 0.147. The molecule has 3 rings (SSSR count). The first-order valence-corrected chi connectivity index (χ1v) is 11.9. The van der Waals surface area contributed by atoms with Crippen molar-refractivity contribution in [3.8, 4) is 5.75 Å². The Kier molecular flexibility index (Phi) is 9.31. The topological polar surface area (TPSA) is 49.9 Å². The molecule has 1 saturated carbocycles. The Morgan fingerprint density at radius 3 is 2.27 bits per heavy atom. The number of nitrogens with zero attached hydrogens (tertiary/aromatic N) is 2. The van der Waals surface area contributed by atoms with Crippen molar-refractivity contribution < 1.29 is 14.3 Å². The lowest BCUT2D eigenvalue weighted by atomic mass is 9.86. The Hall–Kier alpha value is -1.75. The summed E-state index contributed by atoms with van der Waals surface area (Å²) in [5.74, 6) is 1.81. The standard InChI is InChI=1S/C24H35ClN2O3/c25-21-10-4-5-11-22(21)30-19-6-12-23(28)26-15-7-16-27(18-17-26)24(29)14-13-20-8-2-1-3-9-20/h4-5,10-11,20H,1-3,6-9,12-19H2. The van der Waals surface area contributed by atoms with Crippen LogP contribution in [0.3, 0.4) is 0 Å². The van der Waals surface area contributed by atoms with Gasteiger partial charge in [-0.1, -0.05) is 55.8 Å². The number of hydrogen-bond donors (Lipinski definition) is 0. The molecular weight excluding hydrogens is 400 g/mol. The van der Waals surface area contributed by atoms with Gasteiger partial charge in [-0.05, 0) is 37.3 Å². The maximum absolute atomic E-state index is 12.6. The van der Waals surface area contributed by atoms with Crippen LogP contribution >= 0.6 is 11.6 Å². The molecule has 1 aliphatic heterocycles. The van der Waals surface area contributed by atoms with E-state index in [4.69, 9.17) is 16.3 Å². The average Bonchev–Trinajstić information content (AvgIpc) is 3.03. The molecule has 1 aromatic carbocycles. The second kappa shape index (κ2) is 12.2. The SMILES string of the molecule is O=C(CCCOc1ccccc1Cl)N1CCCN(C(=O)CCC2CCCCC2)CC1. The highest BCUT2D eigenvalue weighted by Gasteiger charge is 2.23. The second-order valence-corrected chi connectivity index (χ2v) is 8.95. The van der Waals surface area contributed by atoms with Gasteiger partial charge >= 0.3 is 0 Å². The van der Waals surface area contributed by atoms with E-state index >= 15 is 0 Å². The highest BCUT2D eigenvalue weighted by Crippen LogP contribution is 2.27. The first-order valence-electron chi connectivity index (χ1n) is 11.6. The predicted octanol–water partition coefficient (Wildman–Crippen LogP) is 4.92. The van der Waals surface area contributed by atoms with E-state index in [2.05, 4.69) is 0 Å². The number of hydrogen-bond acceptors (Lipinski definition) is 3. The maximum Gasteiger partial charge on any atom is 0.222 e. The smallest absolute Gasteiger partial charge is 0.222 e. The van der Waals surface area contributed by atoms with Crippen LogP contribution in [0.2, 0.25) is 5.02 Å². The van der Waals surface area contributed by atoms with Crippen LogP contribution in [0.5, 0.6) is 5.75 Å². The molecule has 2 aliphatic rings. The van der Waals surface area contributed by atoms with Gasteiger partial charge < -0.3 is 14.5 Å². The lowest BCUT2D eigenvalue weighted by Gasteiger charge is -2.24. The van der Waals surface area contributed by atoms with Gasteiger partial charge in [0.2, 0.25) is 11.8 Å². The molecule has 1 saturated heterocycles. The Labute approximate surface area is 185 Å². The molecule has 0 radical (unpaired) electrons. The van der Waals surface area contributed by atoms with Crippen LogP contribution in [0.15, 0.2) is 24.3 Å². The summed E-state index contributed by atoms with van der Waals surface area (Å²) in [4.78, 5) is 29.1. The zero-order valence-corrected chi connectivity index (χ0v) is 18.7. The number of halogens is 1. The summed E-state index contributed by atoms with van der Waals surface area (Å²) < 4.78 is 5.67. The molecule has 0 spiro atoms. The molecule has 6 heteroatoms. The summed E-state index contributed by atoms with van der Waals surface area (Å²) in [6, 6.07) is 7.37. The number of para-hydroxylation sites is 1. The number of carbonyl (C=O) groups excluding carboxylic acids is 2. The fourth-order valence-electron chi connectivity index (χ4n) is 4.50. The van der Waals surface area contributed by atoms with Crippen LogP contribution < -0.4 is 4.74 Å². The fraction of sp³-hybridized carbons (Fsp3) is 0.667. The van der Waals surface area contributed by atoms with Crippen molar-refractivity contribution in [1.82, 2.24) is 9.80 Å². The molecule has 5 nitrogen and oxygen atoms in total. The highest BCUT2D eigenvalue weighted by atomic mass is 35.5. The first kappa shape index (κ1) is 22.9. The van der Waals surface area contributed by atoms with E-state index in [1.54, 1.807) is 6.07 Å². The third-order valence-electron chi connectivity index (χ3n) is 6.32. The van der Waals surface area contributed by atoms with Crippen LogP contribution in [0.1, 0.15) is 64.2 Å². The van der Waals surface area contributed by atoms with Crippen molar-refractivity contribution in [2.75, 3.05) is 32.8 Å². The molecule has 0 atom stereocenters. The maximum atomic E-state index is 12.6. The predicted molar refractivity (Wildman–Crippen MR) is 120 cm³/mol. The van der Waals surface area contributed by atoms with Crippen molar-refractivity contribution >= 4 is 23.4 Å². The van der Waals surface area contributed by atoms with Crippen LogP contribution in [-0.4, -0.2) is 54.4 Å². The van der Waals surface area contributed by atoms with Crippen molar-refractivity contribution in [2.24, 2.45) is 5.92 Å². The average molecular weight is 435 g/mol. The molecule has 0 bridgehead atoms. The van der Waals surface area contributed by atoms with Gasteiger partial charge in [-0.3, -0.25) is 9.59 Å². The Morgan fingerprint density at radius 1 is 0.900 bits per heavy atom. The van der Waals surface area contributed by atoms with Gasteiger partial charge in [0.25, 0.3) is 0 Å². The van der Waals surface area contributed by atoms with Gasteiger partial charge in [-0.15, -0.1) is 0 Å². The lowest BCUT2D eigenvalue weighted by molar-refractivity contribution is -0.133. The van der Waals surface area contributed by atoms with Gasteiger partial charge in [-0.25, -0.2) is 0 Å². The molecule has 30 heavy (non-hydrogen) atoms. The fourth-order valence-corrected chi connectivity index (χ4v) is 4.69. The van der Waals surface area contributed by atoms with E-state index in [1.165, 1.54) is 32.1 Å². The summed E-state index contributed by atoms with van der Waals surface area (Å²) in [7, 11) is 0. The number of carbonyl (C=O) groups is 2. The Bertz CT molecular complexity index is 691. The van der Waals surface area contributed by atoms with E-state index in [0.717, 1.165) is 31.8 Å². The van der Waals surface area contributed by atoms with E-state index in [1.807, 2.05) is 28.0 Å². The van der Waals surface area contributed by atoms with Crippen molar-refractivity contribution in [2.45, 2.75) is 64.2 Å². The van der Waals surface area contributed by atoms with Crippen molar-refractivity contribution in [3.63, 3.8) is 0 Å². The van der Waals surface area contributed by atoms with Gasteiger partial charge in [-0.2, -0.15) is 0 Å². The summed E-state index contributed by atoms with van der Waals surface area (Å²) in [6.45, 7) is 3.26. The molecule has 166 valence electrons. The summed E-state index contributed by atoms with van der Waals surface area (Å²) >= 11 is 6.08.